The van der Waals surface area contributed by atoms with E-state index in [1.807, 2.05) is 0 Å². The van der Waals surface area contributed by atoms with E-state index in [9.17, 15) is 8.78 Å². The van der Waals surface area contributed by atoms with Gasteiger partial charge < -0.3 is 10.6 Å². The van der Waals surface area contributed by atoms with Gasteiger partial charge in [-0.1, -0.05) is 11.6 Å². The van der Waals surface area contributed by atoms with E-state index in [2.05, 4.69) is 0 Å². The molecule has 2 aromatic carbocycles. The molecule has 100 valence electrons. The first-order valence-electron chi connectivity index (χ1n) is 5.67. The molecule has 0 saturated carbocycles. The molecule has 0 amide bonds. The van der Waals surface area contributed by atoms with Crippen molar-refractivity contribution < 1.29 is 8.78 Å². The summed E-state index contributed by atoms with van der Waals surface area (Å²) in [6, 6.07) is 8.53. The molecule has 2 aromatic rings. The molecule has 0 aliphatic rings. The average molecular weight is 283 g/mol. The van der Waals surface area contributed by atoms with Crippen molar-refractivity contribution in [3.63, 3.8) is 0 Å². The lowest BCUT2D eigenvalue weighted by Gasteiger charge is -2.21. The maximum absolute atomic E-state index is 13.1. The number of nitrogen functional groups attached to an aromatic ring is 1. The summed E-state index contributed by atoms with van der Waals surface area (Å²) in [7, 11) is 1.78. The van der Waals surface area contributed by atoms with Crippen molar-refractivity contribution in [2.45, 2.75) is 6.54 Å². The molecular formula is C14H13ClF2N2. The molecule has 0 unspecified atom stereocenters. The normalized spacial score (nSPS) is 10.5. The minimum atomic E-state index is -0.595. The van der Waals surface area contributed by atoms with Crippen LogP contribution in [0.15, 0.2) is 36.4 Å². The number of nitrogens with zero attached hydrogens (tertiary/aromatic N) is 1. The lowest BCUT2D eigenvalue weighted by atomic mass is 10.2. The van der Waals surface area contributed by atoms with Crippen LogP contribution >= 0.6 is 11.6 Å². The summed E-state index contributed by atoms with van der Waals surface area (Å²) in [5.41, 5.74) is 7.66. The fourth-order valence-corrected chi connectivity index (χ4v) is 2.08. The highest BCUT2D eigenvalue weighted by molar-refractivity contribution is 6.31. The van der Waals surface area contributed by atoms with Gasteiger partial charge in [0.05, 0.1) is 11.4 Å². The van der Waals surface area contributed by atoms with Crippen LogP contribution in [-0.4, -0.2) is 7.05 Å². The molecule has 0 aliphatic heterocycles. The zero-order valence-corrected chi connectivity index (χ0v) is 11.1. The number of rotatable bonds is 3. The third-order valence-electron chi connectivity index (χ3n) is 2.75. The fourth-order valence-electron chi connectivity index (χ4n) is 1.91. The second-order valence-electron chi connectivity index (χ2n) is 4.34. The maximum Gasteiger partial charge on any atom is 0.126 e. The number of anilines is 2. The molecule has 0 atom stereocenters. The Balaban J connectivity index is 2.25. The lowest BCUT2D eigenvalue weighted by molar-refractivity contribution is 0.579. The second kappa shape index (κ2) is 5.45. The first kappa shape index (κ1) is 13.6. The van der Waals surface area contributed by atoms with Crippen molar-refractivity contribution in [1.82, 2.24) is 0 Å². The Bertz CT molecular complexity index is 582. The summed E-state index contributed by atoms with van der Waals surface area (Å²) in [5.74, 6) is -1.19. The van der Waals surface area contributed by atoms with Crippen LogP contribution in [0.4, 0.5) is 20.2 Å². The molecule has 0 bridgehead atoms. The molecular weight excluding hydrogens is 270 g/mol. The monoisotopic (exact) mass is 282 g/mol. The molecule has 19 heavy (non-hydrogen) atoms. The first-order chi connectivity index (χ1) is 8.95. The lowest BCUT2D eigenvalue weighted by Crippen LogP contribution is -2.18. The van der Waals surface area contributed by atoms with Crippen LogP contribution in [0.2, 0.25) is 5.02 Å². The zero-order valence-electron chi connectivity index (χ0n) is 10.3. The molecule has 0 fully saturated rings. The van der Waals surface area contributed by atoms with Gasteiger partial charge in [-0.3, -0.25) is 0 Å². The standard InChI is InChI=1S/C14H13ClF2N2/c1-19(14-6-10(15)2-3-13(14)18)8-9-4-11(16)7-12(17)5-9/h2-7H,8,18H2,1H3. The zero-order chi connectivity index (χ0) is 14.0. The first-order valence-corrected chi connectivity index (χ1v) is 6.04. The Morgan fingerprint density at radius 2 is 1.74 bits per heavy atom. The van der Waals surface area contributed by atoms with E-state index < -0.39 is 11.6 Å². The maximum atomic E-state index is 13.1. The molecule has 0 aromatic heterocycles. The van der Waals surface area contributed by atoms with Crippen LogP contribution in [0.3, 0.4) is 0 Å². The molecule has 0 spiro atoms. The Kier molecular flexibility index (Phi) is 3.90. The molecule has 0 aliphatic carbocycles. The highest BCUT2D eigenvalue weighted by Crippen LogP contribution is 2.27. The van der Waals surface area contributed by atoms with Crippen molar-refractivity contribution in [2.24, 2.45) is 0 Å². The summed E-state index contributed by atoms with van der Waals surface area (Å²) < 4.78 is 26.2. The van der Waals surface area contributed by atoms with Gasteiger partial charge >= 0.3 is 0 Å². The number of hydrogen-bond acceptors (Lipinski definition) is 2. The predicted octanol–water partition coefficient (Wildman–Crippen LogP) is 3.84. The van der Waals surface area contributed by atoms with E-state index in [4.69, 9.17) is 17.3 Å². The largest absolute Gasteiger partial charge is 0.397 e. The van der Waals surface area contributed by atoms with Crippen molar-refractivity contribution >= 4 is 23.0 Å². The van der Waals surface area contributed by atoms with Gasteiger partial charge in [0.1, 0.15) is 11.6 Å². The van der Waals surface area contributed by atoms with Gasteiger partial charge in [-0.15, -0.1) is 0 Å². The van der Waals surface area contributed by atoms with E-state index in [0.29, 0.717) is 22.8 Å². The number of nitrogens with two attached hydrogens (primary N) is 1. The van der Waals surface area contributed by atoms with Crippen molar-refractivity contribution in [3.8, 4) is 0 Å². The number of hydrogen-bond donors (Lipinski definition) is 1. The molecule has 0 saturated heterocycles. The van der Waals surface area contributed by atoms with Crippen LogP contribution in [-0.2, 0) is 6.54 Å². The Labute approximate surface area is 115 Å². The third kappa shape index (κ3) is 3.35. The molecule has 2 rings (SSSR count). The predicted molar refractivity (Wildman–Crippen MR) is 74.3 cm³/mol. The van der Waals surface area contributed by atoms with Crippen LogP contribution in [0.1, 0.15) is 5.56 Å². The summed E-state index contributed by atoms with van der Waals surface area (Å²) in [6.45, 7) is 0.333. The minimum absolute atomic E-state index is 0.333. The minimum Gasteiger partial charge on any atom is -0.397 e. The number of halogens is 3. The van der Waals surface area contributed by atoms with E-state index in [0.717, 1.165) is 11.8 Å². The van der Waals surface area contributed by atoms with Crippen molar-refractivity contribution in [1.29, 1.82) is 0 Å². The molecule has 2 N–H and O–H groups in total. The van der Waals surface area contributed by atoms with E-state index in [-0.39, 0.29) is 0 Å². The van der Waals surface area contributed by atoms with Gasteiger partial charge in [0, 0.05) is 24.7 Å². The van der Waals surface area contributed by atoms with Gasteiger partial charge in [-0.25, -0.2) is 8.78 Å². The van der Waals surface area contributed by atoms with E-state index >= 15 is 0 Å². The van der Waals surface area contributed by atoms with Crippen molar-refractivity contribution in [3.05, 3.63) is 58.6 Å². The van der Waals surface area contributed by atoms with Gasteiger partial charge in [0.2, 0.25) is 0 Å². The smallest absolute Gasteiger partial charge is 0.126 e. The average Bonchev–Trinajstić information content (AvgIpc) is 2.30. The fraction of sp³-hybridized carbons (Fsp3) is 0.143. The van der Waals surface area contributed by atoms with E-state index in [1.165, 1.54) is 12.1 Å². The molecule has 5 heteroatoms. The Morgan fingerprint density at radius 1 is 1.11 bits per heavy atom. The van der Waals surface area contributed by atoms with Crippen LogP contribution in [0.25, 0.3) is 0 Å². The van der Waals surface area contributed by atoms with Gasteiger partial charge in [0.15, 0.2) is 0 Å². The summed E-state index contributed by atoms with van der Waals surface area (Å²) >= 11 is 5.91. The Morgan fingerprint density at radius 3 is 2.37 bits per heavy atom. The SMILES string of the molecule is CN(Cc1cc(F)cc(F)c1)c1cc(Cl)ccc1N. The van der Waals surface area contributed by atoms with Crippen LogP contribution in [0, 0.1) is 11.6 Å². The summed E-state index contributed by atoms with van der Waals surface area (Å²) in [4.78, 5) is 1.79. The van der Waals surface area contributed by atoms with Gasteiger partial charge in [0.25, 0.3) is 0 Å². The van der Waals surface area contributed by atoms with Crippen LogP contribution < -0.4 is 10.6 Å². The topological polar surface area (TPSA) is 29.3 Å². The quantitative estimate of drug-likeness (QED) is 0.867. The molecule has 2 nitrogen and oxygen atoms in total. The third-order valence-corrected chi connectivity index (χ3v) is 2.98. The van der Waals surface area contributed by atoms with Gasteiger partial charge in [-0.2, -0.15) is 0 Å². The summed E-state index contributed by atoms with van der Waals surface area (Å²) in [6.07, 6.45) is 0. The second-order valence-corrected chi connectivity index (χ2v) is 4.77. The van der Waals surface area contributed by atoms with Crippen LogP contribution in [0.5, 0.6) is 0 Å². The highest BCUT2D eigenvalue weighted by Gasteiger charge is 2.08. The van der Waals surface area contributed by atoms with Gasteiger partial charge in [-0.05, 0) is 35.9 Å². The highest BCUT2D eigenvalue weighted by atomic mass is 35.5. The number of benzene rings is 2. The van der Waals surface area contributed by atoms with Crippen molar-refractivity contribution in [2.75, 3.05) is 17.7 Å². The molecule has 0 radical (unpaired) electrons. The Hall–Kier alpha value is -1.81. The van der Waals surface area contributed by atoms with E-state index in [1.54, 1.807) is 30.1 Å². The summed E-state index contributed by atoms with van der Waals surface area (Å²) in [5, 5.41) is 0.557. The molecule has 0 heterocycles.